The predicted octanol–water partition coefficient (Wildman–Crippen LogP) is 6.96. The number of aromatic nitrogens is 1. The summed E-state index contributed by atoms with van der Waals surface area (Å²) in [6, 6.07) is 24.2. The van der Waals surface area contributed by atoms with Gasteiger partial charge in [0, 0.05) is 44.2 Å². The average Bonchev–Trinajstić information content (AvgIpc) is 3.39. The third-order valence-corrected chi connectivity index (χ3v) is 9.28. The lowest BCUT2D eigenvalue weighted by Gasteiger charge is -2.47. The second-order valence-corrected chi connectivity index (χ2v) is 13.3. The molecule has 1 aliphatic rings. The predicted molar refractivity (Wildman–Crippen MR) is 181 cm³/mol. The SMILES string of the molecule is CC(C)(CCN(Cc1ccc2ccccc2c1)C(=O)C(F)(F)F)C(=O)[N+]([O-])(C(=O)Cc1cccc(-c2ccccn2)c1)C1CCCNCC1. The largest absolute Gasteiger partial charge is 0.617 e. The molecular weight excluding hydrogens is 633 g/mol. The summed E-state index contributed by atoms with van der Waals surface area (Å²) in [7, 11) is 0. The molecule has 49 heavy (non-hydrogen) atoms. The highest BCUT2D eigenvalue weighted by Crippen LogP contribution is 2.35. The number of carbonyl (C=O) groups excluding carboxylic acids is 3. The van der Waals surface area contributed by atoms with E-state index in [9.17, 15) is 32.8 Å². The molecule has 2 heterocycles. The number of hydrogen-bond donors (Lipinski definition) is 1. The Morgan fingerprint density at radius 2 is 1.65 bits per heavy atom. The van der Waals surface area contributed by atoms with Crippen LogP contribution >= 0.6 is 0 Å². The lowest BCUT2D eigenvalue weighted by Crippen LogP contribution is -2.63. The van der Waals surface area contributed by atoms with Gasteiger partial charge >= 0.3 is 23.9 Å². The molecule has 4 aromatic rings. The first kappa shape index (κ1) is 35.8. The Morgan fingerprint density at radius 3 is 2.39 bits per heavy atom. The number of benzene rings is 3. The highest BCUT2D eigenvalue weighted by Gasteiger charge is 2.50. The zero-order valence-electron chi connectivity index (χ0n) is 27.7. The first-order valence-electron chi connectivity index (χ1n) is 16.5. The summed E-state index contributed by atoms with van der Waals surface area (Å²) >= 11 is 0. The topological polar surface area (TPSA) is 102 Å². The maximum atomic E-state index is 14.9. The molecule has 1 fully saturated rings. The van der Waals surface area contributed by atoms with Crippen LogP contribution in [0.25, 0.3) is 22.0 Å². The van der Waals surface area contributed by atoms with E-state index < -0.39 is 46.5 Å². The molecule has 5 rings (SSSR count). The molecule has 11 heteroatoms. The molecule has 0 bridgehead atoms. The molecule has 0 aliphatic carbocycles. The Balaban J connectivity index is 1.40. The Morgan fingerprint density at radius 1 is 0.898 bits per heavy atom. The van der Waals surface area contributed by atoms with Crippen molar-refractivity contribution in [1.82, 2.24) is 15.2 Å². The zero-order chi connectivity index (χ0) is 35.2. The Labute approximate surface area is 284 Å². The fourth-order valence-electron chi connectivity index (χ4n) is 6.47. The van der Waals surface area contributed by atoms with Crippen LogP contribution in [-0.2, 0) is 27.3 Å². The molecule has 1 saturated heterocycles. The molecule has 258 valence electrons. The number of halogens is 3. The van der Waals surface area contributed by atoms with Gasteiger partial charge in [-0.3, -0.25) is 9.78 Å². The molecule has 1 N–H and O–H groups in total. The van der Waals surface area contributed by atoms with Gasteiger partial charge in [-0.15, -0.1) is 0 Å². The van der Waals surface area contributed by atoms with E-state index in [4.69, 9.17) is 0 Å². The van der Waals surface area contributed by atoms with Crippen LogP contribution in [-0.4, -0.2) is 64.1 Å². The van der Waals surface area contributed by atoms with Crippen molar-refractivity contribution in [3.05, 3.63) is 107 Å². The number of rotatable bonds is 10. The van der Waals surface area contributed by atoms with Crippen molar-refractivity contribution in [2.24, 2.45) is 5.41 Å². The van der Waals surface area contributed by atoms with Crippen LogP contribution < -0.4 is 5.32 Å². The van der Waals surface area contributed by atoms with Gasteiger partial charge in [-0.1, -0.05) is 60.7 Å². The maximum Gasteiger partial charge on any atom is 0.471 e. The van der Waals surface area contributed by atoms with Crippen LogP contribution in [0.2, 0.25) is 0 Å². The van der Waals surface area contributed by atoms with E-state index in [0.717, 1.165) is 16.3 Å². The second kappa shape index (κ2) is 15.0. The average molecular weight is 675 g/mol. The summed E-state index contributed by atoms with van der Waals surface area (Å²) < 4.78 is 39.6. The van der Waals surface area contributed by atoms with Crippen LogP contribution in [0, 0.1) is 10.6 Å². The van der Waals surface area contributed by atoms with E-state index in [1.165, 1.54) is 13.8 Å². The summed E-state index contributed by atoms with van der Waals surface area (Å²) in [5.41, 5.74) is 0.930. The smallest absolute Gasteiger partial charge is 0.471 e. The fraction of sp³-hybridized carbons (Fsp3) is 0.368. The van der Waals surface area contributed by atoms with Crippen molar-refractivity contribution in [3.8, 4) is 11.3 Å². The van der Waals surface area contributed by atoms with Crippen molar-refractivity contribution in [3.63, 3.8) is 0 Å². The highest BCUT2D eigenvalue weighted by atomic mass is 19.4. The number of fused-ring (bicyclic) bond motifs is 1. The Bertz CT molecular complexity index is 1790. The normalized spacial score (nSPS) is 16.8. The Kier molecular flexibility index (Phi) is 11.0. The molecule has 1 aliphatic heterocycles. The number of nitrogens with one attached hydrogen (secondary N) is 1. The number of pyridine rings is 1. The van der Waals surface area contributed by atoms with Crippen LogP contribution in [0.5, 0.6) is 0 Å². The van der Waals surface area contributed by atoms with Gasteiger partial charge in [0.1, 0.15) is 6.04 Å². The number of amides is 3. The fourth-order valence-corrected chi connectivity index (χ4v) is 6.47. The lowest BCUT2D eigenvalue weighted by atomic mass is 9.85. The molecule has 0 radical (unpaired) electrons. The third kappa shape index (κ3) is 8.41. The molecule has 8 nitrogen and oxygen atoms in total. The summed E-state index contributed by atoms with van der Waals surface area (Å²) in [5, 5.41) is 19.8. The van der Waals surface area contributed by atoms with E-state index in [2.05, 4.69) is 10.3 Å². The standard InChI is InChI=1S/C38H41F3N4O4/c1-37(2,18-22-44(35(47)38(39,40)41)26-28-15-16-29-10-3-4-11-30(29)24-28)36(48)45(49,32-13-8-19-42-21-17-32)34(46)25-27-9-7-12-31(23-27)33-14-5-6-20-43-33/h3-7,9-12,14-16,20,23-24,32,42H,8,13,17-19,21-22,25-26H2,1-2H3. The Hall–Kier alpha value is -4.45. The first-order chi connectivity index (χ1) is 23.3. The summed E-state index contributed by atoms with van der Waals surface area (Å²) in [6.07, 6.45) is -2.85. The van der Waals surface area contributed by atoms with Crippen molar-refractivity contribution in [1.29, 1.82) is 0 Å². The highest BCUT2D eigenvalue weighted by molar-refractivity contribution is 5.89. The van der Waals surface area contributed by atoms with Gasteiger partial charge in [0.2, 0.25) is 0 Å². The van der Waals surface area contributed by atoms with E-state index in [-0.39, 0.29) is 25.8 Å². The van der Waals surface area contributed by atoms with Crippen molar-refractivity contribution in [2.75, 3.05) is 19.6 Å². The summed E-state index contributed by atoms with van der Waals surface area (Å²) in [5.74, 6) is -3.79. The van der Waals surface area contributed by atoms with Gasteiger partial charge in [0.05, 0.1) is 17.5 Å². The van der Waals surface area contributed by atoms with E-state index in [1.54, 1.807) is 48.7 Å². The first-order valence-corrected chi connectivity index (χ1v) is 16.5. The van der Waals surface area contributed by atoms with E-state index in [0.29, 0.717) is 47.7 Å². The van der Waals surface area contributed by atoms with Crippen molar-refractivity contribution < 1.29 is 32.2 Å². The maximum absolute atomic E-state index is 14.9. The molecule has 3 amide bonds. The van der Waals surface area contributed by atoms with Gasteiger partial charge < -0.3 is 15.4 Å². The van der Waals surface area contributed by atoms with Gasteiger partial charge in [-0.05, 0) is 79.4 Å². The number of imide groups is 1. The summed E-state index contributed by atoms with van der Waals surface area (Å²) in [4.78, 5) is 46.1. The van der Waals surface area contributed by atoms with Crippen LogP contribution in [0.4, 0.5) is 13.2 Å². The summed E-state index contributed by atoms with van der Waals surface area (Å²) in [6.45, 7) is 3.23. The molecular formula is C38H41F3N4O4. The van der Waals surface area contributed by atoms with Gasteiger partial charge in [0.15, 0.2) is 0 Å². The second-order valence-electron chi connectivity index (χ2n) is 13.3. The van der Waals surface area contributed by atoms with Crippen LogP contribution in [0.15, 0.2) is 91.1 Å². The van der Waals surface area contributed by atoms with E-state index in [1.807, 2.05) is 42.5 Å². The van der Waals surface area contributed by atoms with Crippen LogP contribution in [0.1, 0.15) is 50.7 Å². The molecule has 2 atom stereocenters. The number of hydroxylamine groups is 3. The number of nitrogens with zero attached hydrogens (tertiary/aromatic N) is 3. The van der Waals surface area contributed by atoms with E-state index >= 15 is 0 Å². The third-order valence-electron chi connectivity index (χ3n) is 9.28. The minimum Gasteiger partial charge on any atom is -0.617 e. The van der Waals surface area contributed by atoms with Crippen molar-refractivity contribution >= 4 is 28.5 Å². The minimum absolute atomic E-state index is 0.253. The number of carbonyl (C=O) groups is 3. The number of hydrogen-bond acceptors (Lipinski definition) is 6. The molecule has 1 aromatic heterocycles. The monoisotopic (exact) mass is 674 g/mol. The van der Waals surface area contributed by atoms with Crippen molar-refractivity contribution in [2.45, 2.75) is 64.7 Å². The molecule has 3 aromatic carbocycles. The van der Waals surface area contributed by atoms with Gasteiger partial charge in [-0.25, -0.2) is 14.2 Å². The van der Waals surface area contributed by atoms with Crippen LogP contribution in [0.3, 0.4) is 0 Å². The zero-order valence-corrected chi connectivity index (χ0v) is 27.7. The van der Waals surface area contributed by atoms with Gasteiger partial charge in [0.25, 0.3) is 0 Å². The lowest BCUT2D eigenvalue weighted by molar-refractivity contribution is -0.760. The minimum atomic E-state index is -5.14. The molecule has 0 spiro atoms. The number of alkyl halides is 3. The molecule has 0 saturated carbocycles. The van der Waals surface area contributed by atoms with Gasteiger partial charge in [-0.2, -0.15) is 13.2 Å². The molecule has 2 unspecified atom stereocenters. The number of quaternary nitrogens is 1. The quantitative estimate of drug-likeness (QED) is 0.144.